The van der Waals surface area contributed by atoms with Gasteiger partial charge in [0.05, 0.1) is 18.1 Å². The van der Waals surface area contributed by atoms with Crippen molar-refractivity contribution in [3.63, 3.8) is 0 Å². The van der Waals surface area contributed by atoms with Crippen LogP contribution in [0.25, 0.3) is 0 Å². The molecule has 1 aliphatic heterocycles. The molecule has 0 bridgehead atoms. The normalized spacial score (nSPS) is 19.2. The van der Waals surface area contributed by atoms with Crippen molar-refractivity contribution in [2.24, 2.45) is 0 Å². The van der Waals surface area contributed by atoms with E-state index in [1.807, 2.05) is 30.3 Å². The highest BCUT2D eigenvalue weighted by Gasteiger charge is 2.33. The van der Waals surface area contributed by atoms with Crippen molar-refractivity contribution >= 4 is 10.0 Å². The van der Waals surface area contributed by atoms with E-state index >= 15 is 0 Å². The zero-order chi connectivity index (χ0) is 15.6. The third-order valence-electron chi connectivity index (χ3n) is 3.66. The first kappa shape index (κ1) is 15.0. The minimum Gasteiger partial charge on any atom is -0.497 e. The number of ether oxygens (including phenoxy) is 2. The lowest BCUT2D eigenvalue weighted by atomic mass is 10.1. The smallest absolute Gasteiger partial charge is 0.245 e. The van der Waals surface area contributed by atoms with Crippen LogP contribution in [0.5, 0.6) is 5.75 Å². The minimum absolute atomic E-state index is 0.0634. The van der Waals surface area contributed by atoms with Crippen molar-refractivity contribution in [3.05, 3.63) is 60.2 Å². The Morgan fingerprint density at radius 3 is 2.41 bits per heavy atom. The highest BCUT2D eigenvalue weighted by atomic mass is 32.2. The fourth-order valence-electron chi connectivity index (χ4n) is 2.40. The monoisotopic (exact) mass is 319 g/mol. The Labute approximate surface area is 130 Å². The van der Waals surface area contributed by atoms with Crippen molar-refractivity contribution in [2.75, 3.05) is 20.4 Å². The predicted molar refractivity (Wildman–Crippen MR) is 82.0 cm³/mol. The summed E-state index contributed by atoms with van der Waals surface area (Å²) in [6, 6.07) is 16.0. The molecule has 0 saturated carbocycles. The lowest BCUT2D eigenvalue weighted by molar-refractivity contribution is 0.104. The second-order valence-corrected chi connectivity index (χ2v) is 6.95. The summed E-state index contributed by atoms with van der Waals surface area (Å²) < 4.78 is 37.3. The molecule has 116 valence electrons. The summed E-state index contributed by atoms with van der Waals surface area (Å²) in [6.45, 7) is 0.381. The van der Waals surface area contributed by atoms with Gasteiger partial charge in [-0.15, -0.1) is 0 Å². The van der Waals surface area contributed by atoms with E-state index in [1.165, 1.54) is 4.31 Å². The van der Waals surface area contributed by atoms with Crippen LogP contribution in [0, 0.1) is 0 Å². The van der Waals surface area contributed by atoms with Crippen molar-refractivity contribution in [1.29, 1.82) is 0 Å². The number of nitrogens with zero attached hydrogens (tertiary/aromatic N) is 1. The van der Waals surface area contributed by atoms with E-state index < -0.39 is 10.0 Å². The molecule has 0 aromatic heterocycles. The Morgan fingerprint density at radius 2 is 1.77 bits per heavy atom. The summed E-state index contributed by atoms with van der Waals surface area (Å²) in [7, 11) is -2.01. The Balaban J connectivity index is 1.79. The molecule has 2 aromatic rings. The quantitative estimate of drug-likeness (QED) is 0.868. The van der Waals surface area contributed by atoms with E-state index in [2.05, 4.69) is 0 Å². The van der Waals surface area contributed by atoms with Crippen LogP contribution in [0.3, 0.4) is 0 Å². The fraction of sp³-hybridized carbons (Fsp3) is 0.250. The molecule has 0 N–H and O–H groups in total. The van der Waals surface area contributed by atoms with Gasteiger partial charge in [0, 0.05) is 6.54 Å². The van der Waals surface area contributed by atoms with Gasteiger partial charge in [-0.2, -0.15) is 4.31 Å². The van der Waals surface area contributed by atoms with E-state index in [4.69, 9.17) is 9.47 Å². The van der Waals surface area contributed by atoms with E-state index in [0.717, 1.165) is 5.56 Å². The van der Waals surface area contributed by atoms with Gasteiger partial charge >= 0.3 is 0 Å². The highest BCUT2D eigenvalue weighted by molar-refractivity contribution is 7.89. The number of benzene rings is 2. The third kappa shape index (κ3) is 2.85. The van der Waals surface area contributed by atoms with Gasteiger partial charge < -0.3 is 9.47 Å². The van der Waals surface area contributed by atoms with Crippen LogP contribution in [0.2, 0.25) is 0 Å². The molecule has 0 spiro atoms. The molecule has 1 aliphatic rings. The van der Waals surface area contributed by atoms with E-state index in [-0.39, 0.29) is 17.7 Å². The molecule has 0 amide bonds. The molecular formula is C16H17NO4S. The lowest BCUT2D eigenvalue weighted by Gasteiger charge is -2.14. The second-order valence-electron chi connectivity index (χ2n) is 5.01. The average molecular weight is 319 g/mol. The lowest BCUT2D eigenvalue weighted by Crippen LogP contribution is -2.28. The van der Waals surface area contributed by atoms with Crippen LogP contribution >= 0.6 is 0 Å². The van der Waals surface area contributed by atoms with Crippen LogP contribution in [-0.2, 0) is 14.8 Å². The number of rotatable bonds is 4. The molecule has 22 heavy (non-hydrogen) atoms. The molecule has 1 heterocycles. The molecule has 2 aromatic carbocycles. The maximum absolute atomic E-state index is 12.6. The van der Waals surface area contributed by atoms with Gasteiger partial charge in [0.15, 0.2) is 0 Å². The summed E-state index contributed by atoms with van der Waals surface area (Å²) in [5.41, 5.74) is 0.981. The minimum atomic E-state index is -3.55. The molecule has 0 aliphatic carbocycles. The van der Waals surface area contributed by atoms with Crippen molar-refractivity contribution in [2.45, 2.75) is 11.0 Å². The molecule has 5 nitrogen and oxygen atoms in total. The summed E-state index contributed by atoms with van der Waals surface area (Å²) in [6.07, 6.45) is -0.228. The van der Waals surface area contributed by atoms with E-state index in [9.17, 15) is 8.42 Å². The SMILES string of the molecule is COc1ccc(S(=O)(=O)N2COC(c3ccccc3)C2)cc1. The average Bonchev–Trinajstić information content (AvgIpc) is 3.06. The number of hydrogen-bond acceptors (Lipinski definition) is 4. The van der Waals surface area contributed by atoms with Crippen LogP contribution < -0.4 is 4.74 Å². The van der Waals surface area contributed by atoms with Gasteiger partial charge in [0.25, 0.3) is 0 Å². The standard InChI is InChI=1S/C16H17NO4S/c1-20-14-7-9-15(10-8-14)22(18,19)17-11-16(21-12-17)13-5-3-2-4-6-13/h2-10,16H,11-12H2,1H3. The zero-order valence-corrected chi connectivity index (χ0v) is 13.0. The Hall–Kier alpha value is -1.89. The Kier molecular flexibility index (Phi) is 4.15. The largest absolute Gasteiger partial charge is 0.497 e. The number of hydrogen-bond donors (Lipinski definition) is 0. The van der Waals surface area contributed by atoms with Gasteiger partial charge in [0.1, 0.15) is 12.5 Å². The van der Waals surface area contributed by atoms with Crippen molar-refractivity contribution < 1.29 is 17.9 Å². The van der Waals surface area contributed by atoms with Crippen molar-refractivity contribution in [1.82, 2.24) is 4.31 Å². The van der Waals surface area contributed by atoms with Gasteiger partial charge in [-0.25, -0.2) is 8.42 Å². The first-order chi connectivity index (χ1) is 10.6. The first-order valence-corrected chi connectivity index (χ1v) is 8.36. The number of methoxy groups -OCH3 is 1. The maximum atomic E-state index is 12.6. The van der Waals surface area contributed by atoms with Gasteiger partial charge in [0.2, 0.25) is 10.0 Å². The predicted octanol–water partition coefficient (Wildman–Crippen LogP) is 2.41. The maximum Gasteiger partial charge on any atom is 0.245 e. The molecule has 1 fully saturated rings. The van der Waals surface area contributed by atoms with Crippen LogP contribution in [0.1, 0.15) is 11.7 Å². The van der Waals surface area contributed by atoms with Crippen LogP contribution in [0.15, 0.2) is 59.5 Å². The molecule has 1 atom stereocenters. The van der Waals surface area contributed by atoms with Gasteiger partial charge in [-0.05, 0) is 29.8 Å². The highest BCUT2D eigenvalue weighted by Crippen LogP contribution is 2.29. The van der Waals surface area contributed by atoms with Crippen LogP contribution in [0.4, 0.5) is 0 Å². The summed E-state index contributed by atoms with van der Waals surface area (Å²) in [4.78, 5) is 0.241. The third-order valence-corrected chi connectivity index (χ3v) is 5.46. The van der Waals surface area contributed by atoms with E-state index in [0.29, 0.717) is 12.3 Å². The molecule has 1 saturated heterocycles. The zero-order valence-electron chi connectivity index (χ0n) is 12.2. The molecule has 0 radical (unpaired) electrons. The summed E-state index contributed by atoms with van der Waals surface area (Å²) in [5, 5.41) is 0. The van der Waals surface area contributed by atoms with Gasteiger partial charge in [-0.3, -0.25) is 0 Å². The Bertz CT molecular complexity index is 729. The van der Waals surface area contributed by atoms with Crippen molar-refractivity contribution in [3.8, 4) is 5.75 Å². The van der Waals surface area contributed by atoms with Gasteiger partial charge in [-0.1, -0.05) is 30.3 Å². The summed E-state index contributed by atoms with van der Waals surface area (Å²) in [5.74, 6) is 0.624. The number of sulfonamides is 1. The van der Waals surface area contributed by atoms with E-state index in [1.54, 1.807) is 31.4 Å². The molecule has 6 heteroatoms. The second kappa shape index (κ2) is 6.08. The molecule has 1 unspecified atom stereocenters. The molecular weight excluding hydrogens is 302 g/mol. The Morgan fingerprint density at radius 1 is 1.09 bits per heavy atom. The fourth-order valence-corrected chi connectivity index (χ4v) is 3.71. The summed E-state index contributed by atoms with van der Waals surface area (Å²) >= 11 is 0. The topological polar surface area (TPSA) is 55.8 Å². The van der Waals surface area contributed by atoms with Crippen LogP contribution in [-0.4, -0.2) is 33.1 Å². The molecule has 3 rings (SSSR count). The first-order valence-electron chi connectivity index (χ1n) is 6.92.